The number of amides is 1. The molecular formula is C24H23N3O3S. The van der Waals surface area contributed by atoms with E-state index >= 15 is 0 Å². The first-order valence-electron chi connectivity index (χ1n) is 9.82. The molecule has 7 heteroatoms. The van der Waals surface area contributed by atoms with Crippen LogP contribution in [-0.4, -0.2) is 29.9 Å². The van der Waals surface area contributed by atoms with E-state index in [1.54, 1.807) is 30.2 Å². The molecule has 0 aliphatic rings. The van der Waals surface area contributed by atoms with Crippen LogP contribution < -0.4 is 14.8 Å². The second-order valence-electron chi connectivity index (χ2n) is 6.95. The Labute approximate surface area is 185 Å². The zero-order chi connectivity index (χ0) is 21.8. The number of hydrogen-bond acceptors (Lipinski definition) is 5. The molecule has 0 radical (unpaired) electrons. The maximum atomic E-state index is 13.2. The molecule has 2 aromatic heterocycles. The number of rotatable bonds is 7. The summed E-state index contributed by atoms with van der Waals surface area (Å²) >= 11 is 1.61. The van der Waals surface area contributed by atoms with E-state index < -0.39 is 0 Å². The van der Waals surface area contributed by atoms with Gasteiger partial charge in [-0.2, -0.15) is 5.10 Å². The van der Waals surface area contributed by atoms with E-state index in [-0.39, 0.29) is 11.9 Å². The molecule has 0 aliphatic carbocycles. The fraction of sp³-hybridized carbons (Fsp3) is 0.167. The summed E-state index contributed by atoms with van der Waals surface area (Å²) in [5.74, 6) is 0.977. The molecule has 1 N–H and O–H groups in total. The minimum absolute atomic E-state index is 0.118. The molecular weight excluding hydrogens is 410 g/mol. The quantitative estimate of drug-likeness (QED) is 0.440. The lowest BCUT2D eigenvalue weighted by molar-refractivity contribution is 0.0935. The van der Waals surface area contributed by atoms with Crippen LogP contribution in [0.15, 0.2) is 72.2 Å². The molecule has 6 nitrogen and oxygen atoms in total. The lowest BCUT2D eigenvalue weighted by atomic mass is 10.0. The first-order chi connectivity index (χ1) is 15.1. The SMILES string of the molecule is COc1ccc(-c2cn(-c3ccccc3)nc2C(=O)NC(C)c2cccs2)cc1OC. The highest BCUT2D eigenvalue weighted by Gasteiger charge is 2.22. The van der Waals surface area contributed by atoms with E-state index in [2.05, 4.69) is 10.4 Å². The molecule has 0 bridgehead atoms. The first-order valence-corrected chi connectivity index (χ1v) is 10.7. The highest BCUT2D eigenvalue weighted by atomic mass is 32.1. The molecule has 2 heterocycles. The minimum Gasteiger partial charge on any atom is -0.493 e. The second kappa shape index (κ2) is 9.06. The number of aromatic nitrogens is 2. The Morgan fingerprint density at radius 2 is 1.81 bits per heavy atom. The van der Waals surface area contributed by atoms with Crippen LogP contribution in [-0.2, 0) is 0 Å². The summed E-state index contributed by atoms with van der Waals surface area (Å²) in [6.45, 7) is 1.97. The Kier molecular flexibility index (Phi) is 6.04. The van der Waals surface area contributed by atoms with Crippen molar-refractivity contribution in [2.75, 3.05) is 14.2 Å². The topological polar surface area (TPSA) is 65.4 Å². The molecule has 1 unspecified atom stereocenters. The molecule has 1 amide bonds. The fourth-order valence-electron chi connectivity index (χ4n) is 3.34. The second-order valence-corrected chi connectivity index (χ2v) is 7.93. The average Bonchev–Trinajstić information content (AvgIpc) is 3.50. The number of para-hydroxylation sites is 1. The number of methoxy groups -OCH3 is 2. The van der Waals surface area contributed by atoms with Gasteiger partial charge in [-0.15, -0.1) is 11.3 Å². The van der Waals surface area contributed by atoms with Crippen molar-refractivity contribution in [3.8, 4) is 28.3 Å². The van der Waals surface area contributed by atoms with E-state index in [1.807, 2.05) is 79.2 Å². The highest BCUT2D eigenvalue weighted by Crippen LogP contribution is 2.34. The molecule has 31 heavy (non-hydrogen) atoms. The lowest BCUT2D eigenvalue weighted by Crippen LogP contribution is -2.27. The van der Waals surface area contributed by atoms with E-state index in [4.69, 9.17) is 9.47 Å². The van der Waals surface area contributed by atoms with Crippen LogP contribution in [0.4, 0.5) is 0 Å². The van der Waals surface area contributed by atoms with Gasteiger partial charge in [0.1, 0.15) is 0 Å². The van der Waals surface area contributed by atoms with Crippen LogP contribution in [0.5, 0.6) is 11.5 Å². The number of thiophene rings is 1. The van der Waals surface area contributed by atoms with Crippen molar-refractivity contribution in [2.45, 2.75) is 13.0 Å². The normalized spacial score (nSPS) is 11.7. The molecule has 0 aliphatic heterocycles. The minimum atomic E-state index is -0.236. The van der Waals surface area contributed by atoms with Crippen LogP contribution in [0.1, 0.15) is 28.3 Å². The molecule has 0 saturated heterocycles. The Balaban J connectivity index is 1.76. The lowest BCUT2D eigenvalue weighted by Gasteiger charge is -2.12. The van der Waals surface area contributed by atoms with Gasteiger partial charge >= 0.3 is 0 Å². The monoisotopic (exact) mass is 433 g/mol. The number of carbonyl (C=O) groups is 1. The zero-order valence-corrected chi connectivity index (χ0v) is 18.3. The third kappa shape index (κ3) is 4.32. The number of nitrogens with one attached hydrogen (secondary N) is 1. The van der Waals surface area contributed by atoms with Crippen molar-refractivity contribution in [3.05, 3.63) is 82.8 Å². The van der Waals surface area contributed by atoms with E-state index in [0.29, 0.717) is 22.8 Å². The van der Waals surface area contributed by atoms with Crippen molar-refractivity contribution >= 4 is 17.2 Å². The number of hydrogen-bond donors (Lipinski definition) is 1. The Morgan fingerprint density at radius 1 is 1.03 bits per heavy atom. The van der Waals surface area contributed by atoms with Gasteiger partial charge in [-0.05, 0) is 48.2 Å². The van der Waals surface area contributed by atoms with E-state index in [1.165, 1.54) is 0 Å². The summed E-state index contributed by atoms with van der Waals surface area (Å²) < 4.78 is 12.5. The van der Waals surface area contributed by atoms with Crippen molar-refractivity contribution in [1.82, 2.24) is 15.1 Å². The predicted octanol–water partition coefficient (Wildman–Crippen LogP) is 5.11. The molecule has 4 rings (SSSR count). The fourth-order valence-corrected chi connectivity index (χ4v) is 4.08. The van der Waals surface area contributed by atoms with Gasteiger partial charge in [-0.1, -0.05) is 30.3 Å². The van der Waals surface area contributed by atoms with Gasteiger partial charge < -0.3 is 14.8 Å². The van der Waals surface area contributed by atoms with Crippen molar-refractivity contribution in [3.63, 3.8) is 0 Å². The third-order valence-corrected chi connectivity index (χ3v) is 6.02. The van der Waals surface area contributed by atoms with Gasteiger partial charge in [0.05, 0.1) is 25.9 Å². The molecule has 0 fully saturated rings. The summed E-state index contributed by atoms with van der Waals surface area (Å²) in [6.07, 6.45) is 1.86. The van der Waals surface area contributed by atoms with Gasteiger partial charge in [0, 0.05) is 16.6 Å². The van der Waals surface area contributed by atoms with Gasteiger partial charge in [0.15, 0.2) is 17.2 Å². The van der Waals surface area contributed by atoms with Crippen LogP contribution in [0.2, 0.25) is 0 Å². The van der Waals surface area contributed by atoms with Crippen LogP contribution in [0, 0.1) is 0 Å². The van der Waals surface area contributed by atoms with Crippen molar-refractivity contribution in [1.29, 1.82) is 0 Å². The number of carbonyl (C=O) groups excluding carboxylic acids is 1. The smallest absolute Gasteiger partial charge is 0.272 e. The highest BCUT2D eigenvalue weighted by molar-refractivity contribution is 7.10. The summed E-state index contributed by atoms with van der Waals surface area (Å²) in [6, 6.07) is 19.1. The molecule has 158 valence electrons. The van der Waals surface area contributed by atoms with E-state index in [0.717, 1.165) is 16.1 Å². The Bertz CT molecular complexity index is 1170. The molecule has 2 aromatic carbocycles. The van der Waals surface area contributed by atoms with Gasteiger partial charge in [-0.3, -0.25) is 4.79 Å². The van der Waals surface area contributed by atoms with E-state index in [9.17, 15) is 4.79 Å². The standard InChI is InChI=1S/C24H23N3O3S/c1-16(22-10-7-13-31-22)25-24(28)23-19(15-27(26-23)18-8-5-4-6-9-18)17-11-12-20(29-2)21(14-17)30-3/h4-16H,1-3H3,(H,25,28). The van der Waals surface area contributed by atoms with Crippen LogP contribution in [0.3, 0.4) is 0 Å². The summed E-state index contributed by atoms with van der Waals surface area (Å²) in [5, 5.41) is 9.69. The zero-order valence-electron chi connectivity index (χ0n) is 17.5. The largest absolute Gasteiger partial charge is 0.493 e. The maximum absolute atomic E-state index is 13.2. The van der Waals surface area contributed by atoms with Crippen molar-refractivity contribution < 1.29 is 14.3 Å². The summed E-state index contributed by atoms with van der Waals surface area (Å²) in [4.78, 5) is 14.3. The van der Waals surface area contributed by atoms with Gasteiger partial charge in [-0.25, -0.2) is 4.68 Å². The predicted molar refractivity (Wildman–Crippen MR) is 122 cm³/mol. The van der Waals surface area contributed by atoms with Crippen molar-refractivity contribution in [2.24, 2.45) is 0 Å². The number of ether oxygens (including phenoxy) is 2. The Hall–Kier alpha value is -3.58. The number of benzene rings is 2. The summed E-state index contributed by atoms with van der Waals surface area (Å²) in [7, 11) is 3.18. The van der Waals surface area contributed by atoms with Crippen LogP contribution >= 0.6 is 11.3 Å². The molecule has 1 atom stereocenters. The van der Waals surface area contributed by atoms with Gasteiger partial charge in [0.2, 0.25) is 0 Å². The molecule has 4 aromatic rings. The van der Waals surface area contributed by atoms with Gasteiger partial charge in [0.25, 0.3) is 5.91 Å². The number of nitrogens with zero attached hydrogens (tertiary/aromatic N) is 2. The van der Waals surface area contributed by atoms with Crippen LogP contribution in [0.25, 0.3) is 16.8 Å². The molecule has 0 spiro atoms. The molecule has 0 saturated carbocycles. The Morgan fingerprint density at radius 3 is 2.48 bits per heavy atom. The maximum Gasteiger partial charge on any atom is 0.272 e. The summed E-state index contributed by atoms with van der Waals surface area (Å²) in [5.41, 5.74) is 2.74. The third-order valence-electron chi connectivity index (χ3n) is 4.96. The first kappa shape index (κ1) is 20.7. The average molecular weight is 434 g/mol.